The summed E-state index contributed by atoms with van der Waals surface area (Å²) >= 11 is 0. The zero-order valence-corrected chi connectivity index (χ0v) is 29.4. The third kappa shape index (κ3) is 4.88. The van der Waals surface area contributed by atoms with E-state index < -0.39 is 0 Å². The molecule has 1 heterocycles. The van der Waals surface area contributed by atoms with Gasteiger partial charge in [-0.15, -0.1) is 0 Å². The highest BCUT2D eigenvalue weighted by Crippen LogP contribution is 2.44. The highest BCUT2D eigenvalue weighted by Gasteiger charge is 2.20. The molecule has 252 valence electrons. The van der Waals surface area contributed by atoms with Crippen molar-refractivity contribution in [3.05, 3.63) is 200 Å². The molecule has 0 aliphatic rings. The molecule has 0 atom stereocenters. The SMILES string of the molecule is c1ccc(-c2ccc(N(c3ccc4oc5ccccc5c4c3)c3ccccc3-c3ccc4c(ccc5ccc6ccc7ccccc7c6c54)c3)cc2)cc1. The average Bonchev–Trinajstić information content (AvgIpc) is 3.62. The quantitative estimate of drug-likeness (QED) is 0.168. The zero-order chi connectivity index (χ0) is 35.6. The van der Waals surface area contributed by atoms with Gasteiger partial charge in [-0.2, -0.15) is 0 Å². The maximum absolute atomic E-state index is 6.26. The first-order chi connectivity index (χ1) is 26.8. The Morgan fingerprint density at radius 2 is 0.889 bits per heavy atom. The van der Waals surface area contributed by atoms with Gasteiger partial charge in [-0.1, -0.05) is 152 Å². The highest BCUT2D eigenvalue weighted by molar-refractivity contribution is 6.27. The summed E-state index contributed by atoms with van der Waals surface area (Å²) in [6.07, 6.45) is 0. The Labute approximate surface area is 312 Å². The lowest BCUT2D eigenvalue weighted by Gasteiger charge is -2.28. The fourth-order valence-electron chi connectivity index (χ4n) is 8.44. The Bertz CT molecular complexity index is 3210. The fourth-order valence-corrected chi connectivity index (χ4v) is 8.44. The first kappa shape index (κ1) is 30.5. The number of fused-ring (bicyclic) bond motifs is 10. The van der Waals surface area contributed by atoms with Crippen molar-refractivity contribution >= 4 is 82.1 Å². The molecule has 0 amide bonds. The summed E-state index contributed by atoms with van der Waals surface area (Å²) < 4.78 is 6.26. The van der Waals surface area contributed by atoms with Crippen molar-refractivity contribution in [2.45, 2.75) is 0 Å². The molecule has 0 radical (unpaired) electrons. The Morgan fingerprint density at radius 3 is 1.70 bits per heavy atom. The van der Waals surface area contributed by atoms with Gasteiger partial charge >= 0.3 is 0 Å². The Hall–Kier alpha value is -7.16. The van der Waals surface area contributed by atoms with Crippen LogP contribution < -0.4 is 4.90 Å². The minimum atomic E-state index is 0.884. The van der Waals surface area contributed by atoms with E-state index >= 15 is 0 Å². The molecule has 2 heteroatoms. The van der Waals surface area contributed by atoms with Gasteiger partial charge in [0.25, 0.3) is 0 Å². The van der Waals surface area contributed by atoms with Crippen LogP contribution in [-0.4, -0.2) is 0 Å². The molecule has 0 saturated heterocycles. The molecule has 0 bridgehead atoms. The van der Waals surface area contributed by atoms with Gasteiger partial charge < -0.3 is 9.32 Å². The van der Waals surface area contributed by atoms with Crippen LogP contribution >= 0.6 is 0 Å². The summed E-state index contributed by atoms with van der Waals surface area (Å²) in [6.45, 7) is 0. The number of hydrogen-bond donors (Lipinski definition) is 0. The van der Waals surface area contributed by atoms with Crippen LogP contribution in [0, 0.1) is 0 Å². The maximum atomic E-state index is 6.26. The second kappa shape index (κ2) is 12.2. The van der Waals surface area contributed by atoms with E-state index in [1.165, 1.54) is 59.8 Å². The predicted molar refractivity (Wildman–Crippen MR) is 229 cm³/mol. The van der Waals surface area contributed by atoms with Gasteiger partial charge in [0.2, 0.25) is 0 Å². The molecule has 0 N–H and O–H groups in total. The van der Waals surface area contributed by atoms with Gasteiger partial charge in [-0.3, -0.25) is 0 Å². The highest BCUT2D eigenvalue weighted by atomic mass is 16.3. The fraction of sp³-hybridized carbons (Fsp3) is 0. The van der Waals surface area contributed by atoms with E-state index in [0.717, 1.165) is 44.6 Å². The first-order valence-electron chi connectivity index (χ1n) is 18.5. The molecule has 0 saturated carbocycles. The van der Waals surface area contributed by atoms with Crippen molar-refractivity contribution in [2.24, 2.45) is 0 Å². The number of rotatable bonds is 5. The molecular formula is C52H33NO. The molecule has 11 rings (SSSR count). The number of hydrogen-bond acceptors (Lipinski definition) is 2. The molecule has 10 aromatic carbocycles. The number of nitrogens with zero attached hydrogens (tertiary/aromatic N) is 1. The number of para-hydroxylation sites is 2. The van der Waals surface area contributed by atoms with E-state index in [1.807, 2.05) is 12.1 Å². The monoisotopic (exact) mass is 687 g/mol. The summed E-state index contributed by atoms with van der Waals surface area (Å²) in [4.78, 5) is 2.38. The van der Waals surface area contributed by atoms with Crippen molar-refractivity contribution in [3.63, 3.8) is 0 Å². The van der Waals surface area contributed by atoms with Crippen molar-refractivity contribution in [1.29, 1.82) is 0 Å². The van der Waals surface area contributed by atoms with Gasteiger partial charge in [-0.05, 0) is 108 Å². The van der Waals surface area contributed by atoms with Gasteiger partial charge in [-0.25, -0.2) is 0 Å². The standard InChI is InChI=1S/C52H33NO/c1-2-10-34(11-3-1)35-24-27-41(28-25-35)53(42-29-31-50-47(33-42)46-15-7-9-17-49(46)54-50)48-16-8-6-13-43(48)39-26-30-45-40(32-39)23-22-38-21-20-37-19-18-36-12-4-5-14-44(36)51(37)52(38)45/h1-33H. The Kier molecular flexibility index (Phi) is 6.90. The predicted octanol–water partition coefficient (Wildman–Crippen LogP) is 15.0. The summed E-state index contributed by atoms with van der Waals surface area (Å²) in [6, 6.07) is 72.4. The molecular weight excluding hydrogens is 655 g/mol. The van der Waals surface area contributed by atoms with Gasteiger partial charge in [0.05, 0.1) is 5.69 Å². The van der Waals surface area contributed by atoms with E-state index in [0.29, 0.717) is 0 Å². The molecule has 0 unspecified atom stereocenters. The van der Waals surface area contributed by atoms with Crippen LogP contribution in [-0.2, 0) is 0 Å². The average molecular weight is 688 g/mol. The lowest BCUT2D eigenvalue weighted by molar-refractivity contribution is 0.669. The van der Waals surface area contributed by atoms with Crippen LogP contribution in [0.2, 0.25) is 0 Å². The van der Waals surface area contributed by atoms with Crippen LogP contribution in [0.3, 0.4) is 0 Å². The van der Waals surface area contributed by atoms with Crippen LogP contribution in [0.25, 0.3) is 87.3 Å². The second-order valence-corrected chi connectivity index (χ2v) is 14.1. The summed E-state index contributed by atoms with van der Waals surface area (Å²) in [5.41, 5.74) is 9.75. The smallest absolute Gasteiger partial charge is 0.135 e. The van der Waals surface area contributed by atoms with Crippen LogP contribution in [0.1, 0.15) is 0 Å². The number of anilines is 3. The lowest BCUT2D eigenvalue weighted by Crippen LogP contribution is -2.11. The molecule has 2 nitrogen and oxygen atoms in total. The Balaban J connectivity index is 1.11. The topological polar surface area (TPSA) is 16.4 Å². The van der Waals surface area contributed by atoms with Gasteiger partial charge in [0.15, 0.2) is 0 Å². The van der Waals surface area contributed by atoms with E-state index in [4.69, 9.17) is 4.42 Å². The Morgan fingerprint density at radius 1 is 0.315 bits per heavy atom. The summed E-state index contributed by atoms with van der Waals surface area (Å²) in [5.74, 6) is 0. The van der Waals surface area contributed by atoms with Crippen LogP contribution in [0.15, 0.2) is 205 Å². The van der Waals surface area contributed by atoms with E-state index in [-0.39, 0.29) is 0 Å². The van der Waals surface area contributed by atoms with Crippen molar-refractivity contribution < 1.29 is 4.42 Å². The summed E-state index contributed by atoms with van der Waals surface area (Å²) in [7, 11) is 0. The summed E-state index contributed by atoms with van der Waals surface area (Å²) in [5, 5.41) is 12.4. The normalized spacial score (nSPS) is 11.7. The molecule has 0 aliphatic heterocycles. The maximum Gasteiger partial charge on any atom is 0.135 e. The zero-order valence-electron chi connectivity index (χ0n) is 29.4. The minimum Gasteiger partial charge on any atom is -0.456 e. The molecule has 54 heavy (non-hydrogen) atoms. The van der Waals surface area contributed by atoms with Crippen molar-refractivity contribution in [2.75, 3.05) is 4.90 Å². The lowest BCUT2D eigenvalue weighted by atomic mass is 9.91. The van der Waals surface area contributed by atoms with Crippen molar-refractivity contribution in [3.8, 4) is 22.3 Å². The second-order valence-electron chi connectivity index (χ2n) is 14.1. The molecule has 11 aromatic rings. The first-order valence-corrected chi connectivity index (χ1v) is 18.5. The molecule has 0 aliphatic carbocycles. The number of furan rings is 1. The van der Waals surface area contributed by atoms with Crippen molar-refractivity contribution in [1.82, 2.24) is 0 Å². The third-order valence-electron chi connectivity index (χ3n) is 11.0. The van der Waals surface area contributed by atoms with Crippen LogP contribution in [0.5, 0.6) is 0 Å². The molecule has 1 aromatic heterocycles. The number of benzene rings is 10. The van der Waals surface area contributed by atoms with E-state index in [2.05, 4.69) is 193 Å². The van der Waals surface area contributed by atoms with E-state index in [1.54, 1.807) is 0 Å². The molecule has 0 spiro atoms. The largest absolute Gasteiger partial charge is 0.456 e. The third-order valence-corrected chi connectivity index (χ3v) is 11.0. The minimum absolute atomic E-state index is 0.884. The van der Waals surface area contributed by atoms with Gasteiger partial charge in [0, 0.05) is 27.7 Å². The van der Waals surface area contributed by atoms with Gasteiger partial charge in [0.1, 0.15) is 11.2 Å². The van der Waals surface area contributed by atoms with Crippen LogP contribution in [0.4, 0.5) is 17.1 Å². The molecule has 0 fully saturated rings. The van der Waals surface area contributed by atoms with E-state index in [9.17, 15) is 0 Å².